The normalized spacial score (nSPS) is 12.5. The number of ether oxygens (including phenoxy) is 1. The number of anilines is 1. The van der Waals surface area contributed by atoms with Crippen LogP contribution in [0, 0.1) is 16.0 Å². The fourth-order valence-electron chi connectivity index (χ4n) is 1.17. The number of nitrogen functional groups attached to an aromatic ring is 1. The van der Waals surface area contributed by atoms with Crippen molar-refractivity contribution in [3.63, 3.8) is 0 Å². The van der Waals surface area contributed by atoms with E-state index in [2.05, 4.69) is 0 Å². The first-order valence-electron chi connectivity index (χ1n) is 5.13. The molecule has 1 aromatic carbocycles. The summed E-state index contributed by atoms with van der Waals surface area (Å²) in [5.41, 5.74) is 5.52. The van der Waals surface area contributed by atoms with Gasteiger partial charge in [-0.05, 0) is 25.0 Å². The summed E-state index contributed by atoms with van der Waals surface area (Å²) >= 11 is 0. The average Bonchev–Trinajstić information content (AvgIpc) is 2.16. The van der Waals surface area contributed by atoms with Crippen molar-refractivity contribution in [2.45, 2.75) is 26.9 Å². The number of nitrogens with two attached hydrogens (primary N) is 1. The molecule has 0 fully saturated rings. The minimum Gasteiger partial charge on any atom is -0.483 e. The van der Waals surface area contributed by atoms with Gasteiger partial charge >= 0.3 is 5.69 Å². The predicted molar refractivity (Wildman–Crippen MR) is 62.4 cm³/mol. The minimum atomic E-state index is -0.516. The van der Waals surface area contributed by atoms with Gasteiger partial charge < -0.3 is 10.5 Å². The molecule has 1 unspecified atom stereocenters. The summed E-state index contributed by atoms with van der Waals surface area (Å²) in [6.45, 7) is 5.85. The van der Waals surface area contributed by atoms with Gasteiger partial charge in [0.2, 0.25) is 0 Å². The van der Waals surface area contributed by atoms with Crippen LogP contribution in [-0.2, 0) is 0 Å². The van der Waals surface area contributed by atoms with Crippen LogP contribution in [0.5, 0.6) is 5.75 Å². The third-order valence-electron chi connectivity index (χ3n) is 2.46. The number of rotatable bonds is 4. The molecular formula is C11H16N2O3. The Kier molecular flexibility index (Phi) is 3.71. The largest absolute Gasteiger partial charge is 0.483 e. The standard InChI is InChI=1S/C11H16N2O3/c1-7(2)8(3)16-10-6-4-5-9(12)11(10)13(14)15/h4-8H,12H2,1-3H3. The number of hydrogen-bond acceptors (Lipinski definition) is 4. The molecular weight excluding hydrogens is 208 g/mol. The van der Waals surface area contributed by atoms with Crippen molar-refractivity contribution >= 4 is 11.4 Å². The van der Waals surface area contributed by atoms with E-state index in [0.717, 1.165) is 0 Å². The second-order valence-electron chi connectivity index (χ2n) is 4.02. The fraction of sp³-hybridized carbons (Fsp3) is 0.455. The summed E-state index contributed by atoms with van der Waals surface area (Å²) in [7, 11) is 0. The zero-order chi connectivity index (χ0) is 12.3. The first-order chi connectivity index (χ1) is 7.43. The molecule has 0 saturated heterocycles. The summed E-state index contributed by atoms with van der Waals surface area (Å²) in [5.74, 6) is 0.507. The molecule has 16 heavy (non-hydrogen) atoms. The molecule has 1 aromatic rings. The highest BCUT2D eigenvalue weighted by atomic mass is 16.6. The smallest absolute Gasteiger partial charge is 0.333 e. The Hall–Kier alpha value is -1.78. The van der Waals surface area contributed by atoms with Crippen LogP contribution >= 0.6 is 0 Å². The number of nitrogens with zero attached hydrogens (tertiary/aromatic N) is 1. The van der Waals surface area contributed by atoms with Crippen LogP contribution in [0.25, 0.3) is 0 Å². The maximum absolute atomic E-state index is 10.8. The summed E-state index contributed by atoms with van der Waals surface area (Å²) in [4.78, 5) is 10.3. The van der Waals surface area contributed by atoms with Gasteiger partial charge in [-0.2, -0.15) is 0 Å². The molecule has 1 rings (SSSR count). The van der Waals surface area contributed by atoms with Gasteiger partial charge in [-0.1, -0.05) is 19.9 Å². The van der Waals surface area contributed by atoms with Crippen molar-refractivity contribution in [2.75, 3.05) is 5.73 Å². The highest BCUT2D eigenvalue weighted by molar-refractivity contribution is 5.65. The first kappa shape index (κ1) is 12.3. The van der Waals surface area contributed by atoms with E-state index in [-0.39, 0.29) is 29.1 Å². The molecule has 5 nitrogen and oxygen atoms in total. The van der Waals surface area contributed by atoms with E-state index in [1.807, 2.05) is 20.8 Å². The third kappa shape index (κ3) is 2.62. The molecule has 1 atom stereocenters. The van der Waals surface area contributed by atoms with Gasteiger partial charge in [-0.15, -0.1) is 0 Å². The van der Waals surface area contributed by atoms with Gasteiger partial charge in [0.1, 0.15) is 5.69 Å². The lowest BCUT2D eigenvalue weighted by Gasteiger charge is -2.18. The van der Waals surface area contributed by atoms with E-state index in [9.17, 15) is 10.1 Å². The van der Waals surface area contributed by atoms with Gasteiger partial charge in [0, 0.05) is 0 Å². The average molecular weight is 224 g/mol. The Morgan fingerprint density at radius 3 is 2.50 bits per heavy atom. The molecule has 0 radical (unpaired) electrons. The Morgan fingerprint density at radius 1 is 1.38 bits per heavy atom. The maximum atomic E-state index is 10.8. The summed E-state index contributed by atoms with van der Waals surface area (Å²) < 4.78 is 5.53. The van der Waals surface area contributed by atoms with Gasteiger partial charge in [-0.25, -0.2) is 0 Å². The first-order valence-corrected chi connectivity index (χ1v) is 5.13. The maximum Gasteiger partial charge on any atom is 0.333 e. The van der Waals surface area contributed by atoms with Gasteiger partial charge in [-0.3, -0.25) is 10.1 Å². The van der Waals surface area contributed by atoms with Crippen LogP contribution in [0.1, 0.15) is 20.8 Å². The Labute approximate surface area is 94.4 Å². The van der Waals surface area contributed by atoms with E-state index < -0.39 is 4.92 Å². The lowest BCUT2D eigenvalue weighted by Crippen LogP contribution is -2.19. The minimum absolute atomic E-state index is 0.0968. The van der Waals surface area contributed by atoms with Crippen LogP contribution in [0.2, 0.25) is 0 Å². The molecule has 0 saturated carbocycles. The molecule has 0 aromatic heterocycles. The molecule has 0 amide bonds. The van der Waals surface area contributed by atoms with Gasteiger partial charge in [0.25, 0.3) is 0 Å². The molecule has 0 aliphatic carbocycles. The fourth-order valence-corrected chi connectivity index (χ4v) is 1.17. The second-order valence-corrected chi connectivity index (χ2v) is 4.02. The van der Waals surface area contributed by atoms with Crippen LogP contribution in [0.4, 0.5) is 11.4 Å². The van der Waals surface area contributed by atoms with Gasteiger partial charge in [0.15, 0.2) is 5.75 Å². The second kappa shape index (κ2) is 4.83. The van der Waals surface area contributed by atoms with Crippen molar-refractivity contribution in [1.82, 2.24) is 0 Å². The van der Waals surface area contributed by atoms with Crippen LogP contribution in [-0.4, -0.2) is 11.0 Å². The van der Waals surface area contributed by atoms with Crippen molar-refractivity contribution in [3.05, 3.63) is 28.3 Å². The lowest BCUT2D eigenvalue weighted by molar-refractivity contribution is -0.385. The van der Waals surface area contributed by atoms with E-state index >= 15 is 0 Å². The number of para-hydroxylation sites is 1. The van der Waals surface area contributed by atoms with Crippen molar-refractivity contribution in [3.8, 4) is 5.75 Å². The van der Waals surface area contributed by atoms with E-state index in [1.165, 1.54) is 6.07 Å². The Morgan fingerprint density at radius 2 is 2.00 bits per heavy atom. The Bertz CT molecular complexity index is 391. The quantitative estimate of drug-likeness (QED) is 0.484. The van der Waals surface area contributed by atoms with E-state index in [0.29, 0.717) is 0 Å². The van der Waals surface area contributed by atoms with Crippen LogP contribution in [0.3, 0.4) is 0 Å². The topological polar surface area (TPSA) is 78.4 Å². The molecule has 0 aliphatic rings. The van der Waals surface area contributed by atoms with Gasteiger partial charge in [0.05, 0.1) is 11.0 Å². The van der Waals surface area contributed by atoms with Crippen molar-refractivity contribution in [1.29, 1.82) is 0 Å². The van der Waals surface area contributed by atoms with Crippen LogP contribution < -0.4 is 10.5 Å². The van der Waals surface area contributed by atoms with E-state index in [1.54, 1.807) is 12.1 Å². The monoisotopic (exact) mass is 224 g/mol. The zero-order valence-corrected chi connectivity index (χ0v) is 9.64. The molecule has 5 heteroatoms. The highest BCUT2D eigenvalue weighted by Gasteiger charge is 2.21. The molecule has 88 valence electrons. The molecule has 0 heterocycles. The van der Waals surface area contributed by atoms with Crippen molar-refractivity contribution < 1.29 is 9.66 Å². The number of nitro groups is 1. The highest BCUT2D eigenvalue weighted by Crippen LogP contribution is 2.33. The predicted octanol–water partition coefficient (Wildman–Crippen LogP) is 2.60. The lowest BCUT2D eigenvalue weighted by atomic mass is 10.1. The molecule has 0 aliphatic heterocycles. The molecule has 0 bridgehead atoms. The number of nitro benzene ring substituents is 1. The summed E-state index contributed by atoms with van der Waals surface area (Å²) in [6.07, 6.45) is -0.0968. The Balaban J connectivity index is 3.04. The van der Waals surface area contributed by atoms with E-state index in [4.69, 9.17) is 10.5 Å². The summed E-state index contributed by atoms with van der Waals surface area (Å²) in [5, 5.41) is 10.8. The van der Waals surface area contributed by atoms with Crippen LogP contribution in [0.15, 0.2) is 18.2 Å². The number of hydrogen-bond donors (Lipinski definition) is 1. The molecule has 2 N–H and O–H groups in total. The molecule has 0 spiro atoms. The summed E-state index contributed by atoms with van der Waals surface area (Å²) in [6, 6.07) is 4.70. The zero-order valence-electron chi connectivity index (χ0n) is 9.64. The van der Waals surface area contributed by atoms with Crippen molar-refractivity contribution in [2.24, 2.45) is 5.92 Å². The third-order valence-corrected chi connectivity index (χ3v) is 2.46. The SMILES string of the molecule is CC(C)C(C)Oc1cccc(N)c1[N+](=O)[O-]. The number of benzene rings is 1.